The zero-order chi connectivity index (χ0) is 30.4. The van der Waals surface area contributed by atoms with E-state index in [4.69, 9.17) is 10.00 Å². The number of urea groups is 1. The average molecular weight is 584 g/mol. The molecule has 12 heteroatoms. The Morgan fingerprint density at radius 2 is 1.69 bits per heavy atom. The molecule has 4 rings (SSSR count). The van der Waals surface area contributed by atoms with Crippen LogP contribution in [0.25, 0.3) is 0 Å². The third-order valence-corrected chi connectivity index (χ3v) is 7.53. The first kappa shape index (κ1) is 30.6. The van der Waals surface area contributed by atoms with Gasteiger partial charge in [0.25, 0.3) is 11.8 Å². The summed E-state index contributed by atoms with van der Waals surface area (Å²) in [5.41, 5.74) is -0.748. The van der Waals surface area contributed by atoms with Crippen molar-refractivity contribution >= 4 is 29.2 Å². The zero-order valence-electron chi connectivity index (χ0n) is 23.5. The highest BCUT2D eigenvalue weighted by Gasteiger charge is 2.39. The van der Waals surface area contributed by atoms with E-state index >= 15 is 0 Å². The summed E-state index contributed by atoms with van der Waals surface area (Å²) in [4.78, 5) is 43.2. The monoisotopic (exact) mass is 583 g/mol. The summed E-state index contributed by atoms with van der Waals surface area (Å²) in [5.74, 6) is -0.564. The van der Waals surface area contributed by atoms with E-state index in [0.29, 0.717) is 49.0 Å². The molecule has 2 heterocycles. The van der Waals surface area contributed by atoms with E-state index in [1.54, 1.807) is 36.3 Å². The zero-order valence-corrected chi connectivity index (χ0v) is 23.5. The number of methoxy groups -OCH3 is 1. The van der Waals surface area contributed by atoms with E-state index in [-0.39, 0.29) is 17.3 Å². The number of ether oxygens (including phenoxy) is 1. The van der Waals surface area contributed by atoms with E-state index in [1.807, 2.05) is 0 Å². The molecule has 0 atom stereocenters. The molecule has 2 aliphatic heterocycles. The van der Waals surface area contributed by atoms with Crippen LogP contribution in [0.2, 0.25) is 0 Å². The van der Waals surface area contributed by atoms with Crippen molar-refractivity contribution in [2.75, 3.05) is 50.1 Å². The molecule has 42 heavy (non-hydrogen) atoms. The van der Waals surface area contributed by atoms with Crippen molar-refractivity contribution in [2.45, 2.75) is 38.8 Å². The molecular weight excluding hydrogens is 551 g/mol. The highest BCUT2D eigenvalue weighted by atomic mass is 19.4. The number of amides is 4. The summed E-state index contributed by atoms with van der Waals surface area (Å²) in [6.07, 6.45) is -2.15. The van der Waals surface area contributed by atoms with Crippen molar-refractivity contribution in [3.05, 3.63) is 64.7 Å². The molecule has 0 spiro atoms. The van der Waals surface area contributed by atoms with Gasteiger partial charge in [0.05, 0.1) is 30.0 Å². The highest BCUT2D eigenvalue weighted by molar-refractivity contribution is 6.32. The Morgan fingerprint density at radius 1 is 1.00 bits per heavy atom. The lowest BCUT2D eigenvalue weighted by Crippen LogP contribution is -2.50. The number of nitriles is 1. The van der Waals surface area contributed by atoms with E-state index < -0.39 is 29.1 Å². The lowest BCUT2D eigenvalue weighted by molar-refractivity contribution is -0.138. The van der Waals surface area contributed by atoms with Crippen molar-refractivity contribution < 1.29 is 32.3 Å². The number of anilines is 2. The first-order valence-electron chi connectivity index (χ1n) is 13.7. The van der Waals surface area contributed by atoms with Gasteiger partial charge in [0, 0.05) is 43.0 Å². The minimum absolute atomic E-state index is 0.149. The van der Waals surface area contributed by atoms with Gasteiger partial charge < -0.3 is 15.0 Å². The fourth-order valence-electron chi connectivity index (χ4n) is 5.08. The Morgan fingerprint density at radius 3 is 2.31 bits per heavy atom. The lowest BCUT2D eigenvalue weighted by Gasteiger charge is -2.34. The van der Waals surface area contributed by atoms with Gasteiger partial charge in [-0.3, -0.25) is 14.5 Å². The number of carbonyl (C=O) groups is 3. The molecule has 0 aliphatic carbocycles. The second-order valence-corrected chi connectivity index (χ2v) is 10.2. The number of piperazine rings is 1. The molecule has 1 saturated heterocycles. The van der Waals surface area contributed by atoms with E-state index in [1.165, 1.54) is 19.1 Å². The second kappa shape index (κ2) is 13.1. The van der Waals surface area contributed by atoms with Crippen LogP contribution in [-0.2, 0) is 15.8 Å². The third kappa shape index (κ3) is 6.91. The summed E-state index contributed by atoms with van der Waals surface area (Å²) < 4.78 is 45.3. The number of unbranched alkanes of at least 4 members (excludes halogenated alkanes) is 2. The molecule has 0 bridgehead atoms. The van der Waals surface area contributed by atoms with Crippen LogP contribution in [0.5, 0.6) is 5.75 Å². The minimum Gasteiger partial charge on any atom is -0.497 e. The second-order valence-electron chi connectivity index (χ2n) is 10.2. The fourth-order valence-corrected chi connectivity index (χ4v) is 5.08. The van der Waals surface area contributed by atoms with Crippen LogP contribution < -0.4 is 15.0 Å². The third-order valence-electron chi connectivity index (χ3n) is 7.53. The molecule has 9 nitrogen and oxygen atoms in total. The average Bonchev–Trinajstić information content (AvgIpc) is 3.19. The van der Waals surface area contributed by atoms with Crippen LogP contribution in [0.15, 0.2) is 53.6 Å². The molecule has 0 radical (unpaired) electrons. The molecule has 222 valence electrons. The quantitative estimate of drug-likeness (QED) is 0.322. The molecule has 1 fully saturated rings. The normalized spacial score (nSPS) is 16.2. The number of halogens is 3. The summed E-state index contributed by atoms with van der Waals surface area (Å²) in [6.45, 7) is 5.03. The van der Waals surface area contributed by atoms with Crippen LogP contribution in [0.1, 0.15) is 43.7 Å². The van der Waals surface area contributed by atoms with Crippen LogP contribution in [0.4, 0.5) is 29.3 Å². The Kier molecular flexibility index (Phi) is 9.52. The van der Waals surface area contributed by atoms with Crippen LogP contribution in [-0.4, -0.2) is 67.5 Å². The van der Waals surface area contributed by atoms with Crippen molar-refractivity contribution in [3.63, 3.8) is 0 Å². The van der Waals surface area contributed by atoms with Crippen LogP contribution in [0.3, 0.4) is 0 Å². The number of imide groups is 1. The van der Waals surface area contributed by atoms with E-state index in [9.17, 15) is 27.6 Å². The topological polar surface area (TPSA) is 106 Å². The van der Waals surface area contributed by atoms with Gasteiger partial charge in [0.2, 0.25) is 0 Å². The van der Waals surface area contributed by atoms with Gasteiger partial charge in [-0.25, -0.2) is 9.69 Å². The minimum atomic E-state index is -4.80. The van der Waals surface area contributed by atoms with Gasteiger partial charge >= 0.3 is 12.2 Å². The molecule has 0 aromatic heterocycles. The van der Waals surface area contributed by atoms with Gasteiger partial charge in [-0.15, -0.1) is 0 Å². The maximum absolute atomic E-state index is 13.4. The van der Waals surface area contributed by atoms with E-state index in [0.717, 1.165) is 43.4 Å². The molecule has 2 aliphatic rings. The lowest BCUT2D eigenvalue weighted by atomic mass is 10.0. The Balaban J connectivity index is 1.21. The van der Waals surface area contributed by atoms with Crippen molar-refractivity contribution in [1.29, 1.82) is 5.26 Å². The number of rotatable bonds is 9. The van der Waals surface area contributed by atoms with Crippen LogP contribution in [0, 0.1) is 11.3 Å². The first-order chi connectivity index (χ1) is 20.0. The predicted molar refractivity (Wildman–Crippen MR) is 150 cm³/mol. The number of hydrogen-bond acceptors (Lipinski definition) is 6. The molecular formula is C30H32F3N5O4. The standard InChI is InChI=1S/C30H32F3N5O4/c1-20-25(28(40)38(27(20)39)23-10-7-21(19-34)26(18-23)30(31,32)33)6-4-3-5-13-36-14-16-37(17-15-36)29(41)35-22-8-11-24(42-2)12-9-22/h7-12,18H,3-6,13-17H2,1-2H3,(H,35,41). The maximum Gasteiger partial charge on any atom is 0.417 e. The molecule has 4 amide bonds. The summed E-state index contributed by atoms with van der Waals surface area (Å²) >= 11 is 0. The smallest absolute Gasteiger partial charge is 0.417 e. The predicted octanol–water partition coefficient (Wildman–Crippen LogP) is 5.19. The molecule has 2 aromatic carbocycles. The maximum atomic E-state index is 13.4. The fraction of sp³-hybridized carbons (Fsp3) is 0.400. The highest BCUT2D eigenvalue weighted by Crippen LogP contribution is 2.37. The summed E-state index contributed by atoms with van der Waals surface area (Å²) in [5, 5.41) is 11.9. The van der Waals surface area contributed by atoms with E-state index in [2.05, 4.69) is 10.2 Å². The number of nitrogens with zero attached hydrogens (tertiary/aromatic N) is 4. The number of nitrogens with one attached hydrogen (secondary N) is 1. The van der Waals surface area contributed by atoms with Gasteiger partial charge in [-0.2, -0.15) is 18.4 Å². The number of alkyl halides is 3. The van der Waals surface area contributed by atoms with Crippen molar-refractivity contribution in [3.8, 4) is 11.8 Å². The summed E-state index contributed by atoms with van der Waals surface area (Å²) in [7, 11) is 1.58. The molecule has 1 N–H and O–H groups in total. The number of hydrogen-bond donors (Lipinski definition) is 1. The first-order valence-corrected chi connectivity index (χ1v) is 13.7. The Hall–Kier alpha value is -4.37. The number of carbonyl (C=O) groups excluding carboxylic acids is 3. The molecule has 2 aromatic rings. The molecule has 0 unspecified atom stereocenters. The largest absolute Gasteiger partial charge is 0.497 e. The van der Waals surface area contributed by atoms with Crippen molar-refractivity contribution in [2.24, 2.45) is 0 Å². The Bertz CT molecular complexity index is 1410. The SMILES string of the molecule is COc1ccc(NC(=O)N2CCN(CCCCCC3=C(C)C(=O)N(c4ccc(C#N)c(C(F)(F)F)c4)C3=O)CC2)cc1. The van der Waals surface area contributed by atoms with Gasteiger partial charge in [0.1, 0.15) is 5.75 Å². The number of benzene rings is 2. The summed E-state index contributed by atoms with van der Waals surface area (Å²) in [6, 6.07) is 11.3. The van der Waals surface area contributed by atoms with Gasteiger partial charge in [0.15, 0.2) is 0 Å². The van der Waals surface area contributed by atoms with Gasteiger partial charge in [-0.1, -0.05) is 6.42 Å². The Labute approximate surface area is 242 Å². The van der Waals surface area contributed by atoms with Crippen LogP contribution >= 0.6 is 0 Å². The molecule has 0 saturated carbocycles. The van der Waals surface area contributed by atoms with Gasteiger partial charge in [-0.05, 0) is 75.2 Å². The van der Waals surface area contributed by atoms with Crippen molar-refractivity contribution in [1.82, 2.24) is 9.80 Å².